The van der Waals surface area contributed by atoms with Crippen molar-refractivity contribution in [3.63, 3.8) is 0 Å². The SMILES string of the molecule is Cc1cccc2c1cnn2CCC(=O)N(C)Cc1ccc(Cl)cc1. The Bertz CT molecular complexity index is 855. The van der Waals surface area contributed by atoms with Crippen molar-refractivity contribution >= 4 is 28.4 Å². The topological polar surface area (TPSA) is 38.1 Å². The Balaban J connectivity index is 1.62. The van der Waals surface area contributed by atoms with Gasteiger partial charge in [0.2, 0.25) is 5.91 Å². The summed E-state index contributed by atoms with van der Waals surface area (Å²) in [6.45, 7) is 3.23. The number of carbonyl (C=O) groups is 1. The molecule has 0 spiro atoms. The van der Waals surface area contributed by atoms with Crippen molar-refractivity contribution < 1.29 is 4.79 Å². The predicted molar refractivity (Wildman–Crippen MR) is 97.0 cm³/mol. The van der Waals surface area contributed by atoms with Gasteiger partial charge in [-0.2, -0.15) is 5.10 Å². The number of carbonyl (C=O) groups excluding carboxylic acids is 1. The van der Waals surface area contributed by atoms with Crippen molar-refractivity contribution in [3.8, 4) is 0 Å². The molecule has 0 aliphatic carbocycles. The Morgan fingerprint density at radius 1 is 1.21 bits per heavy atom. The lowest BCUT2D eigenvalue weighted by Crippen LogP contribution is -2.27. The Hall–Kier alpha value is -2.33. The number of benzene rings is 2. The van der Waals surface area contributed by atoms with Crippen LogP contribution in [0.1, 0.15) is 17.5 Å². The molecular formula is C19H20ClN3O. The predicted octanol–water partition coefficient (Wildman–Crippen LogP) is 4.05. The summed E-state index contributed by atoms with van der Waals surface area (Å²) < 4.78 is 1.90. The van der Waals surface area contributed by atoms with E-state index in [1.807, 2.05) is 54.3 Å². The van der Waals surface area contributed by atoms with Crippen LogP contribution in [0.2, 0.25) is 5.02 Å². The van der Waals surface area contributed by atoms with Crippen LogP contribution < -0.4 is 0 Å². The highest BCUT2D eigenvalue weighted by Crippen LogP contribution is 2.18. The van der Waals surface area contributed by atoms with E-state index in [1.165, 1.54) is 5.56 Å². The quantitative estimate of drug-likeness (QED) is 0.702. The van der Waals surface area contributed by atoms with Gasteiger partial charge >= 0.3 is 0 Å². The molecule has 3 rings (SSSR count). The lowest BCUT2D eigenvalue weighted by Gasteiger charge is -2.17. The van der Waals surface area contributed by atoms with Crippen molar-refractivity contribution in [2.24, 2.45) is 0 Å². The second-order valence-corrected chi connectivity index (χ2v) is 6.44. The first kappa shape index (κ1) is 16.5. The summed E-state index contributed by atoms with van der Waals surface area (Å²) in [5.74, 6) is 0.0984. The Labute approximate surface area is 146 Å². The van der Waals surface area contributed by atoms with Gasteiger partial charge in [-0.3, -0.25) is 9.48 Å². The van der Waals surface area contributed by atoms with Crippen LogP contribution in [-0.4, -0.2) is 27.6 Å². The van der Waals surface area contributed by atoms with E-state index in [0.29, 0.717) is 24.5 Å². The molecule has 24 heavy (non-hydrogen) atoms. The van der Waals surface area contributed by atoms with Gasteiger partial charge in [0, 0.05) is 30.4 Å². The molecule has 0 radical (unpaired) electrons. The van der Waals surface area contributed by atoms with Crippen LogP contribution in [0, 0.1) is 6.92 Å². The van der Waals surface area contributed by atoms with Crippen LogP contribution >= 0.6 is 11.6 Å². The molecule has 0 unspecified atom stereocenters. The first-order valence-electron chi connectivity index (χ1n) is 7.94. The van der Waals surface area contributed by atoms with Crippen molar-refractivity contribution in [1.82, 2.24) is 14.7 Å². The van der Waals surface area contributed by atoms with Crippen LogP contribution in [0.4, 0.5) is 0 Å². The normalized spacial score (nSPS) is 11.0. The lowest BCUT2D eigenvalue weighted by molar-refractivity contribution is -0.130. The molecular weight excluding hydrogens is 322 g/mol. The number of hydrogen-bond donors (Lipinski definition) is 0. The molecule has 0 N–H and O–H groups in total. The third-order valence-corrected chi connectivity index (χ3v) is 4.45. The molecule has 0 bridgehead atoms. The summed E-state index contributed by atoms with van der Waals surface area (Å²) in [5.41, 5.74) is 3.34. The summed E-state index contributed by atoms with van der Waals surface area (Å²) in [5, 5.41) is 6.25. The van der Waals surface area contributed by atoms with Gasteiger partial charge in [0.05, 0.1) is 18.3 Å². The number of hydrogen-bond acceptors (Lipinski definition) is 2. The van der Waals surface area contributed by atoms with Crippen LogP contribution in [0.15, 0.2) is 48.7 Å². The number of aromatic nitrogens is 2. The molecule has 1 heterocycles. The number of fused-ring (bicyclic) bond motifs is 1. The van der Waals surface area contributed by atoms with Gasteiger partial charge in [-0.05, 0) is 36.2 Å². The van der Waals surface area contributed by atoms with Crippen LogP contribution in [0.3, 0.4) is 0 Å². The Kier molecular flexibility index (Phi) is 4.86. The standard InChI is InChI=1S/C19H20ClN3O/c1-14-4-3-5-18-17(14)12-21-23(18)11-10-19(24)22(2)13-15-6-8-16(20)9-7-15/h3-9,12H,10-11,13H2,1-2H3. The maximum absolute atomic E-state index is 12.4. The van der Waals surface area contributed by atoms with Gasteiger partial charge < -0.3 is 4.90 Å². The summed E-state index contributed by atoms with van der Waals surface area (Å²) in [6.07, 6.45) is 2.29. The number of aryl methyl sites for hydroxylation is 2. The molecule has 0 saturated carbocycles. The number of halogens is 1. The second-order valence-electron chi connectivity index (χ2n) is 6.00. The third-order valence-electron chi connectivity index (χ3n) is 4.20. The van der Waals surface area contributed by atoms with Crippen LogP contribution in [-0.2, 0) is 17.9 Å². The van der Waals surface area contributed by atoms with E-state index in [1.54, 1.807) is 4.90 Å². The zero-order valence-electron chi connectivity index (χ0n) is 13.9. The highest BCUT2D eigenvalue weighted by atomic mass is 35.5. The van der Waals surface area contributed by atoms with Crippen molar-refractivity contribution in [2.75, 3.05) is 7.05 Å². The molecule has 0 aliphatic rings. The molecule has 4 nitrogen and oxygen atoms in total. The summed E-state index contributed by atoms with van der Waals surface area (Å²) >= 11 is 5.89. The number of amides is 1. The van der Waals surface area contributed by atoms with Gasteiger partial charge in [0.25, 0.3) is 0 Å². The van der Waals surface area contributed by atoms with Crippen LogP contribution in [0.5, 0.6) is 0 Å². The van der Waals surface area contributed by atoms with Gasteiger partial charge in [-0.25, -0.2) is 0 Å². The maximum Gasteiger partial charge on any atom is 0.224 e. The molecule has 0 fully saturated rings. The summed E-state index contributed by atoms with van der Waals surface area (Å²) in [4.78, 5) is 14.1. The fourth-order valence-corrected chi connectivity index (χ4v) is 2.90. The molecule has 1 aromatic heterocycles. The minimum atomic E-state index is 0.0984. The average Bonchev–Trinajstić information content (AvgIpc) is 2.99. The molecule has 0 aliphatic heterocycles. The molecule has 2 aromatic carbocycles. The van der Waals surface area contributed by atoms with E-state index in [-0.39, 0.29) is 5.91 Å². The molecule has 124 valence electrons. The van der Waals surface area contributed by atoms with Gasteiger partial charge in [0.1, 0.15) is 0 Å². The largest absolute Gasteiger partial charge is 0.341 e. The minimum absolute atomic E-state index is 0.0984. The monoisotopic (exact) mass is 341 g/mol. The highest BCUT2D eigenvalue weighted by molar-refractivity contribution is 6.30. The van der Waals surface area contributed by atoms with Crippen molar-refractivity contribution in [3.05, 3.63) is 64.8 Å². The molecule has 0 atom stereocenters. The minimum Gasteiger partial charge on any atom is -0.341 e. The molecule has 3 aromatic rings. The average molecular weight is 342 g/mol. The second kappa shape index (κ2) is 7.05. The van der Waals surface area contributed by atoms with Gasteiger partial charge in [-0.1, -0.05) is 35.9 Å². The lowest BCUT2D eigenvalue weighted by atomic mass is 10.1. The van der Waals surface area contributed by atoms with Crippen molar-refractivity contribution in [2.45, 2.75) is 26.4 Å². The number of nitrogens with zero attached hydrogens (tertiary/aromatic N) is 3. The highest BCUT2D eigenvalue weighted by Gasteiger charge is 2.11. The Morgan fingerprint density at radius 2 is 1.96 bits per heavy atom. The van der Waals surface area contributed by atoms with Crippen LogP contribution in [0.25, 0.3) is 10.9 Å². The van der Waals surface area contributed by atoms with E-state index < -0.39 is 0 Å². The van der Waals surface area contributed by atoms with E-state index >= 15 is 0 Å². The smallest absolute Gasteiger partial charge is 0.224 e. The van der Waals surface area contributed by atoms with E-state index in [0.717, 1.165) is 16.5 Å². The van der Waals surface area contributed by atoms with E-state index in [2.05, 4.69) is 18.1 Å². The van der Waals surface area contributed by atoms with E-state index in [9.17, 15) is 4.79 Å². The fourth-order valence-electron chi connectivity index (χ4n) is 2.77. The summed E-state index contributed by atoms with van der Waals surface area (Å²) in [7, 11) is 1.82. The fraction of sp³-hybridized carbons (Fsp3) is 0.263. The first-order valence-corrected chi connectivity index (χ1v) is 8.32. The maximum atomic E-state index is 12.4. The number of rotatable bonds is 5. The zero-order chi connectivity index (χ0) is 17.1. The Morgan fingerprint density at radius 3 is 2.71 bits per heavy atom. The molecule has 5 heteroatoms. The van der Waals surface area contributed by atoms with Gasteiger partial charge in [0.15, 0.2) is 0 Å². The molecule has 0 saturated heterocycles. The zero-order valence-corrected chi connectivity index (χ0v) is 14.6. The van der Waals surface area contributed by atoms with Crippen molar-refractivity contribution in [1.29, 1.82) is 0 Å². The summed E-state index contributed by atoms with van der Waals surface area (Å²) in [6, 6.07) is 13.7. The molecule has 1 amide bonds. The third kappa shape index (κ3) is 3.60. The van der Waals surface area contributed by atoms with Gasteiger partial charge in [-0.15, -0.1) is 0 Å². The first-order chi connectivity index (χ1) is 11.5. The van der Waals surface area contributed by atoms with E-state index in [4.69, 9.17) is 11.6 Å².